The summed E-state index contributed by atoms with van der Waals surface area (Å²) in [6.45, 7) is 2.53. The summed E-state index contributed by atoms with van der Waals surface area (Å²) in [5, 5.41) is 9.17. The van der Waals surface area contributed by atoms with E-state index >= 15 is 0 Å². The Kier molecular flexibility index (Phi) is 9.81. The van der Waals surface area contributed by atoms with E-state index < -0.39 is 36.6 Å². The third kappa shape index (κ3) is 6.89. The molecule has 0 bridgehead atoms. The number of amides is 1. The molecule has 226 valence electrons. The molecule has 0 radical (unpaired) electrons. The first-order chi connectivity index (χ1) is 20.1. The van der Waals surface area contributed by atoms with E-state index in [9.17, 15) is 27.5 Å². The highest BCUT2D eigenvalue weighted by Gasteiger charge is 2.40. The van der Waals surface area contributed by atoms with Crippen molar-refractivity contribution in [3.8, 4) is 5.88 Å². The monoisotopic (exact) mass is 591 g/mol. The Balaban J connectivity index is 1.85. The average molecular weight is 592 g/mol. The molecule has 1 aromatic carbocycles. The Labute approximate surface area is 241 Å². The number of halogens is 4. The van der Waals surface area contributed by atoms with Gasteiger partial charge in [-0.3, -0.25) is 4.90 Å². The Hall–Kier alpha value is -4.00. The second-order valence-electron chi connectivity index (χ2n) is 9.94. The van der Waals surface area contributed by atoms with Gasteiger partial charge in [0.05, 0.1) is 36.7 Å². The maximum atomic E-state index is 13.7. The van der Waals surface area contributed by atoms with Crippen molar-refractivity contribution in [3.05, 3.63) is 70.7 Å². The number of rotatable bonds is 10. The Morgan fingerprint density at radius 3 is 2.48 bits per heavy atom. The van der Waals surface area contributed by atoms with Crippen LogP contribution < -0.4 is 14.5 Å². The number of aryl methyl sites for hydroxylation is 1. The molecule has 1 N–H and O–H groups in total. The SMILES string of the molecule is CCOC(=O)N1c2ccc(OC)nc2[C@@H](N(Cc2cc(CF)cc(C(F)(F)F)c2)c2ncc(CCCO)cn2)C[C@H]1C. The third-order valence-corrected chi connectivity index (χ3v) is 6.97. The van der Waals surface area contributed by atoms with Crippen molar-refractivity contribution >= 4 is 17.7 Å². The minimum absolute atomic E-state index is 0.00153. The van der Waals surface area contributed by atoms with Crippen LogP contribution >= 0.6 is 0 Å². The molecular formula is C29H33F4N5O4. The van der Waals surface area contributed by atoms with Crippen LogP contribution in [0, 0.1) is 0 Å². The first-order valence-electron chi connectivity index (χ1n) is 13.5. The van der Waals surface area contributed by atoms with Gasteiger partial charge in [0, 0.05) is 37.7 Å². The summed E-state index contributed by atoms with van der Waals surface area (Å²) in [5.74, 6) is 0.482. The largest absolute Gasteiger partial charge is 0.481 e. The summed E-state index contributed by atoms with van der Waals surface area (Å²) >= 11 is 0. The van der Waals surface area contributed by atoms with Gasteiger partial charge in [0.2, 0.25) is 11.8 Å². The Morgan fingerprint density at radius 1 is 1.14 bits per heavy atom. The lowest BCUT2D eigenvalue weighted by Gasteiger charge is -2.42. The highest BCUT2D eigenvalue weighted by atomic mass is 19.4. The molecule has 3 heterocycles. The van der Waals surface area contributed by atoms with E-state index in [1.165, 1.54) is 18.1 Å². The zero-order valence-corrected chi connectivity index (χ0v) is 23.6. The van der Waals surface area contributed by atoms with Gasteiger partial charge in [-0.25, -0.2) is 24.1 Å². The lowest BCUT2D eigenvalue weighted by atomic mass is 9.94. The molecule has 0 fully saturated rings. The molecule has 0 saturated carbocycles. The van der Waals surface area contributed by atoms with Crippen LogP contribution in [0.1, 0.15) is 60.7 Å². The summed E-state index contributed by atoms with van der Waals surface area (Å²) in [7, 11) is 1.45. The lowest BCUT2D eigenvalue weighted by Crippen LogP contribution is -2.47. The number of alkyl halides is 4. The van der Waals surface area contributed by atoms with Gasteiger partial charge in [0.25, 0.3) is 0 Å². The summed E-state index contributed by atoms with van der Waals surface area (Å²) in [5.41, 5.74) is 0.791. The number of fused-ring (bicyclic) bond motifs is 1. The van der Waals surface area contributed by atoms with Gasteiger partial charge >= 0.3 is 12.3 Å². The van der Waals surface area contributed by atoms with E-state index in [1.807, 2.05) is 6.92 Å². The maximum absolute atomic E-state index is 13.7. The fourth-order valence-electron chi connectivity index (χ4n) is 5.06. The molecule has 0 unspecified atom stereocenters. The predicted octanol–water partition coefficient (Wildman–Crippen LogP) is 5.80. The molecule has 1 amide bonds. The first kappa shape index (κ1) is 30.9. The number of hydrogen-bond acceptors (Lipinski definition) is 8. The van der Waals surface area contributed by atoms with Crippen molar-refractivity contribution < 1.29 is 36.9 Å². The average Bonchev–Trinajstić information content (AvgIpc) is 2.98. The van der Waals surface area contributed by atoms with Crippen molar-refractivity contribution in [2.24, 2.45) is 0 Å². The predicted molar refractivity (Wildman–Crippen MR) is 147 cm³/mol. The van der Waals surface area contributed by atoms with Crippen molar-refractivity contribution in [2.45, 2.75) is 64.6 Å². The molecule has 2 atom stereocenters. The number of methoxy groups -OCH3 is 1. The van der Waals surface area contributed by atoms with E-state index in [0.717, 1.165) is 17.7 Å². The summed E-state index contributed by atoms with van der Waals surface area (Å²) in [6, 6.07) is 5.45. The fraction of sp³-hybridized carbons (Fsp3) is 0.448. The van der Waals surface area contributed by atoms with Gasteiger partial charge in [-0.15, -0.1) is 0 Å². The summed E-state index contributed by atoms with van der Waals surface area (Å²) in [4.78, 5) is 29.8. The van der Waals surface area contributed by atoms with Gasteiger partial charge < -0.3 is 19.5 Å². The highest BCUT2D eigenvalue weighted by Crippen LogP contribution is 2.42. The Morgan fingerprint density at radius 2 is 1.86 bits per heavy atom. The summed E-state index contributed by atoms with van der Waals surface area (Å²) in [6.07, 6.45) is -0.668. The quantitative estimate of drug-likeness (QED) is 0.296. The second kappa shape index (κ2) is 13.3. The zero-order chi connectivity index (χ0) is 30.4. The minimum Gasteiger partial charge on any atom is -0.481 e. The van der Waals surface area contributed by atoms with Crippen molar-refractivity contribution in [1.29, 1.82) is 0 Å². The number of hydrogen-bond donors (Lipinski definition) is 1. The summed E-state index contributed by atoms with van der Waals surface area (Å²) < 4.78 is 65.4. The van der Waals surface area contributed by atoms with Gasteiger partial charge in [-0.1, -0.05) is 6.07 Å². The second-order valence-corrected chi connectivity index (χ2v) is 9.94. The number of ether oxygens (including phenoxy) is 2. The van der Waals surface area contributed by atoms with Crippen molar-refractivity contribution in [2.75, 3.05) is 30.1 Å². The highest BCUT2D eigenvalue weighted by molar-refractivity contribution is 5.90. The number of aromatic nitrogens is 3. The smallest absolute Gasteiger partial charge is 0.416 e. The van der Waals surface area contributed by atoms with Gasteiger partial charge in [0.15, 0.2) is 0 Å². The lowest BCUT2D eigenvalue weighted by molar-refractivity contribution is -0.137. The van der Waals surface area contributed by atoms with Crippen molar-refractivity contribution in [1.82, 2.24) is 15.0 Å². The number of carbonyl (C=O) groups excluding carboxylic acids is 1. The van der Waals surface area contributed by atoms with Crippen LogP contribution in [0.15, 0.2) is 42.7 Å². The molecular weight excluding hydrogens is 558 g/mol. The molecule has 9 nitrogen and oxygen atoms in total. The number of nitrogens with zero attached hydrogens (tertiary/aromatic N) is 5. The topological polar surface area (TPSA) is 101 Å². The van der Waals surface area contributed by atoms with Crippen LogP contribution in [0.3, 0.4) is 0 Å². The van der Waals surface area contributed by atoms with Gasteiger partial charge in [0.1, 0.15) is 6.67 Å². The Bertz CT molecular complexity index is 1370. The number of pyridine rings is 1. The molecule has 0 spiro atoms. The third-order valence-electron chi connectivity index (χ3n) is 6.97. The van der Waals surface area contributed by atoms with E-state index in [0.29, 0.717) is 30.6 Å². The van der Waals surface area contributed by atoms with Crippen LogP contribution in [-0.4, -0.2) is 52.5 Å². The van der Waals surface area contributed by atoms with Crippen LogP contribution in [0.5, 0.6) is 5.88 Å². The zero-order valence-electron chi connectivity index (χ0n) is 23.6. The molecule has 42 heavy (non-hydrogen) atoms. The van der Waals surface area contributed by atoms with Crippen LogP contribution in [0.25, 0.3) is 0 Å². The molecule has 0 saturated heterocycles. The van der Waals surface area contributed by atoms with E-state index in [1.54, 1.807) is 36.4 Å². The number of anilines is 2. The number of carbonyl (C=O) groups is 1. The fourth-order valence-corrected chi connectivity index (χ4v) is 5.06. The first-order valence-corrected chi connectivity index (χ1v) is 13.5. The number of aliphatic hydroxyl groups is 1. The van der Waals surface area contributed by atoms with Crippen molar-refractivity contribution in [3.63, 3.8) is 0 Å². The minimum atomic E-state index is -4.67. The molecule has 2 aromatic heterocycles. The standard InChI is InChI=1S/C29H33F4N5O4/c1-4-42-28(40)38-18(2)10-24(26-23(38)7-8-25(36-26)41-3)37(27-34-15-19(16-35-27)6-5-9-39)17-21-11-20(14-30)12-22(13-21)29(31,32)33/h7-8,11-13,15-16,18,24,39H,4-6,9-10,14,17H2,1-3H3/t18-,24+/m1/s1. The van der Waals surface area contributed by atoms with Crippen LogP contribution in [0.2, 0.25) is 0 Å². The van der Waals surface area contributed by atoms with E-state index in [-0.39, 0.29) is 42.7 Å². The van der Waals surface area contributed by atoms with Gasteiger partial charge in [-0.2, -0.15) is 13.2 Å². The number of benzene rings is 1. The van der Waals surface area contributed by atoms with E-state index in [2.05, 4.69) is 15.0 Å². The normalized spacial score (nSPS) is 16.6. The van der Waals surface area contributed by atoms with E-state index in [4.69, 9.17) is 9.47 Å². The molecule has 1 aliphatic rings. The maximum Gasteiger partial charge on any atom is 0.416 e. The van der Waals surface area contributed by atoms with Crippen LogP contribution in [0.4, 0.5) is 34.0 Å². The molecule has 0 aliphatic carbocycles. The number of aliphatic hydroxyl groups excluding tert-OH is 1. The molecule has 13 heteroatoms. The van der Waals surface area contributed by atoms with Crippen LogP contribution in [-0.2, 0) is 30.6 Å². The molecule has 3 aromatic rings. The molecule has 1 aliphatic heterocycles. The van der Waals surface area contributed by atoms with Gasteiger partial charge in [-0.05, 0) is 68.0 Å². The molecule has 4 rings (SSSR count).